The number of hydrogen-bond donors (Lipinski definition) is 2. The lowest BCUT2D eigenvalue weighted by Crippen LogP contribution is -2.48. The molecule has 1 aromatic rings. The Morgan fingerprint density at radius 2 is 2.08 bits per heavy atom. The summed E-state index contributed by atoms with van der Waals surface area (Å²) in [5.41, 5.74) is 8.77. The first-order valence-corrected chi connectivity index (χ1v) is 8.66. The van der Waals surface area contributed by atoms with Crippen molar-refractivity contribution in [3.8, 4) is 0 Å². The molecule has 3 N–H and O–H groups in total. The molecule has 2 fully saturated rings. The van der Waals surface area contributed by atoms with E-state index >= 15 is 0 Å². The second-order valence-electron chi connectivity index (χ2n) is 6.88. The number of hydrogen-bond acceptors (Lipinski definition) is 6. The minimum absolute atomic E-state index is 0.0251. The first-order valence-electron chi connectivity index (χ1n) is 8.66. The van der Waals surface area contributed by atoms with Crippen molar-refractivity contribution in [2.24, 2.45) is 0 Å². The summed E-state index contributed by atoms with van der Waals surface area (Å²) in [6.45, 7) is 1.57. The van der Waals surface area contributed by atoms with Crippen molar-refractivity contribution in [1.82, 2.24) is 4.90 Å². The van der Waals surface area contributed by atoms with Crippen LogP contribution in [-0.4, -0.2) is 68.1 Å². The summed E-state index contributed by atoms with van der Waals surface area (Å²) in [4.78, 5) is 26.6. The van der Waals surface area contributed by atoms with Gasteiger partial charge in [-0.05, 0) is 24.1 Å². The van der Waals surface area contributed by atoms with Crippen molar-refractivity contribution in [3.63, 3.8) is 0 Å². The highest BCUT2D eigenvalue weighted by molar-refractivity contribution is 5.73. The van der Waals surface area contributed by atoms with Gasteiger partial charge in [-0.1, -0.05) is 6.07 Å². The molecule has 2 saturated heterocycles. The molecular formula is C18H25N3O5. The van der Waals surface area contributed by atoms with E-state index in [0.717, 1.165) is 17.7 Å². The molecule has 0 spiro atoms. The van der Waals surface area contributed by atoms with Gasteiger partial charge in [-0.3, -0.25) is 4.79 Å². The Hall–Kier alpha value is -2.48. The predicted molar refractivity (Wildman–Crippen MR) is 96.4 cm³/mol. The molecule has 2 aliphatic rings. The maximum absolute atomic E-state index is 11.6. The van der Waals surface area contributed by atoms with Crippen LogP contribution in [-0.2, 0) is 14.3 Å². The van der Waals surface area contributed by atoms with Crippen molar-refractivity contribution in [2.75, 3.05) is 44.5 Å². The number of methoxy groups -OCH3 is 2. The standard InChI is InChI=1S/C18H25N3O5/c1-25-10-12(6-17(22)26-2)11-3-4-16(15(19)5-11)20-8-14-7-13(20)9-21(14)18(23)24/h3-5,12-14H,6-10,19H2,1-2H3,(H,23,24). The average Bonchev–Trinajstić information content (AvgIpc) is 3.21. The summed E-state index contributed by atoms with van der Waals surface area (Å²) in [5.74, 6) is -0.415. The Labute approximate surface area is 152 Å². The molecule has 0 radical (unpaired) electrons. The maximum atomic E-state index is 11.6. The predicted octanol–water partition coefficient (Wildman–Crippen LogP) is 1.50. The van der Waals surface area contributed by atoms with Gasteiger partial charge in [0.1, 0.15) is 0 Å². The third kappa shape index (κ3) is 3.41. The Balaban J connectivity index is 1.76. The van der Waals surface area contributed by atoms with Crippen LogP contribution in [0.4, 0.5) is 16.2 Å². The molecule has 3 unspecified atom stereocenters. The molecule has 8 heteroatoms. The lowest BCUT2D eigenvalue weighted by Gasteiger charge is -2.35. The number of nitrogen functional groups attached to an aromatic ring is 1. The molecule has 0 aromatic heterocycles. The van der Waals surface area contributed by atoms with Gasteiger partial charge in [-0.2, -0.15) is 0 Å². The number of carbonyl (C=O) groups excluding carboxylic acids is 1. The normalized spacial score (nSPS) is 22.5. The molecule has 142 valence electrons. The van der Waals surface area contributed by atoms with E-state index < -0.39 is 6.09 Å². The van der Waals surface area contributed by atoms with Crippen LogP contribution in [0.5, 0.6) is 0 Å². The number of benzene rings is 1. The third-order valence-electron chi connectivity index (χ3n) is 5.33. The Morgan fingerprint density at radius 3 is 2.62 bits per heavy atom. The molecular weight excluding hydrogens is 338 g/mol. The zero-order valence-electron chi connectivity index (χ0n) is 15.1. The lowest BCUT2D eigenvalue weighted by molar-refractivity contribution is -0.141. The smallest absolute Gasteiger partial charge is 0.407 e. The average molecular weight is 363 g/mol. The first kappa shape index (κ1) is 18.3. The van der Waals surface area contributed by atoms with E-state index in [9.17, 15) is 14.7 Å². The van der Waals surface area contributed by atoms with Crippen LogP contribution in [0, 0.1) is 0 Å². The Kier molecular flexibility index (Phi) is 5.22. The molecule has 3 atom stereocenters. The van der Waals surface area contributed by atoms with E-state index in [1.54, 1.807) is 7.11 Å². The van der Waals surface area contributed by atoms with Gasteiger partial charge in [-0.15, -0.1) is 0 Å². The highest BCUT2D eigenvalue weighted by Crippen LogP contribution is 2.38. The summed E-state index contributed by atoms with van der Waals surface area (Å²) in [6.07, 6.45) is 0.207. The number of rotatable bonds is 6. The highest BCUT2D eigenvalue weighted by atomic mass is 16.5. The third-order valence-corrected chi connectivity index (χ3v) is 5.33. The molecule has 1 aromatic carbocycles. The Bertz CT molecular complexity index is 695. The van der Waals surface area contributed by atoms with Crippen molar-refractivity contribution >= 4 is 23.4 Å². The van der Waals surface area contributed by atoms with E-state index in [0.29, 0.717) is 25.4 Å². The largest absolute Gasteiger partial charge is 0.469 e. The van der Waals surface area contributed by atoms with Crippen molar-refractivity contribution < 1.29 is 24.2 Å². The van der Waals surface area contributed by atoms with Gasteiger partial charge in [-0.25, -0.2) is 4.79 Å². The number of nitrogens with two attached hydrogens (primary N) is 1. The van der Waals surface area contributed by atoms with Crippen molar-refractivity contribution in [3.05, 3.63) is 23.8 Å². The van der Waals surface area contributed by atoms with E-state index in [-0.39, 0.29) is 30.4 Å². The summed E-state index contributed by atoms with van der Waals surface area (Å²) in [5, 5.41) is 9.22. The van der Waals surface area contributed by atoms with Crippen LogP contribution in [0.1, 0.15) is 24.3 Å². The maximum Gasteiger partial charge on any atom is 0.407 e. The van der Waals surface area contributed by atoms with Crippen LogP contribution in [0.2, 0.25) is 0 Å². The van der Waals surface area contributed by atoms with E-state index in [2.05, 4.69) is 4.90 Å². The van der Waals surface area contributed by atoms with Gasteiger partial charge in [0.2, 0.25) is 0 Å². The van der Waals surface area contributed by atoms with Crippen molar-refractivity contribution in [1.29, 1.82) is 0 Å². The van der Waals surface area contributed by atoms with E-state index in [1.807, 2.05) is 18.2 Å². The number of piperazine rings is 1. The van der Waals surface area contributed by atoms with Gasteiger partial charge in [0.05, 0.1) is 37.6 Å². The molecule has 0 aliphatic carbocycles. The SMILES string of the molecule is COCC(CC(=O)OC)c1ccc(N2CC3CC2CN3C(=O)O)c(N)c1. The van der Waals surface area contributed by atoms with Gasteiger partial charge in [0.25, 0.3) is 0 Å². The number of carboxylic acid groups (broad SMARTS) is 1. The Morgan fingerprint density at radius 1 is 1.31 bits per heavy atom. The number of likely N-dealkylation sites (tertiary alicyclic amines) is 1. The summed E-state index contributed by atoms with van der Waals surface area (Å²) in [6, 6.07) is 5.98. The van der Waals surface area contributed by atoms with Gasteiger partial charge in [0.15, 0.2) is 0 Å². The molecule has 0 saturated carbocycles. The molecule has 8 nitrogen and oxygen atoms in total. The van der Waals surface area contributed by atoms with Crippen LogP contribution in [0.3, 0.4) is 0 Å². The monoisotopic (exact) mass is 363 g/mol. The van der Waals surface area contributed by atoms with Gasteiger partial charge in [0, 0.05) is 32.2 Å². The molecule has 1 amide bonds. The fraction of sp³-hybridized carbons (Fsp3) is 0.556. The fourth-order valence-corrected chi connectivity index (χ4v) is 4.04. The number of amides is 1. The number of nitrogens with zero attached hydrogens (tertiary/aromatic N) is 2. The molecule has 3 rings (SSSR count). The quantitative estimate of drug-likeness (QED) is 0.583. The fourth-order valence-electron chi connectivity index (χ4n) is 4.04. The zero-order chi connectivity index (χ0) is 18.8. The van der Waals surface area contributed by atoms with Crippen LogP contribution >= 0.6 is 0 Å². The molecule has 2 heterocycles. The number of ether oxygens (including phenoxy) is 2. The lowest BCUT2D eigenvalue weighted by atomic mass is 9.95. The van der Waals surface area contributed by atoms with Crippen molar-refractivity contribution in [2.45, 2.75) is 30.8 Å². The van der Waals surface area contributed by atoms with Crippen LogP contribution < -0.4 is 10.6 Å². The zero-order valence-corrected chi connectivity index (χ0v) is 15.1. The second kappa shape index (κ2) is 7.41. The van der Waals surface area contributed by atoms with Crippen LogP contribution in [0.25, 0.3) is 0 Å². The molecule has 26 heavy (non-hydrogen) atoms. The number of esters is 1. The first-order chi connectivity index (χ1) is 12.4. The minimum atomic E-state index is -0.856. The minimum Gasteiger partial charge on any atom is -0.469 e. The van der Waals surface area contributed by atoms with Gasteiger partial charge >= 0.3 is 12.1 Å². The summed E-state index contributed by atoms with van der Waals surface area (Å²) in [7, 11) is 2.96. The summed E-state index contributed by atoms with van der Waals surface area (Å²) >= 11 is 0. The second-order valence-corrected chi connectivity index (χ2v) is 6.88. The van der Waals surface area contributed by atoms with Crippen LogP contribution in [0.15, 0.2) is 18.2 Å². The number of carbonyl (C=O) groups is 2. The topological polar surface area (TPSA) is 105 Å². The van der Waals surface area contributed by atoms with E-state index in [4.69, 9.17) is 15.2 Å². The molecule has 2 aliphatic heterocycles. The number of anilines is 2. The number of fused-ring (bicyclic) bond motifs is 2. The van der Waals surface area contributed by atoms with E-state index in [1.165, 1.54) is 12.0 Å². The van der Waals surface area contributed by atoms with Gasteiger partial charge < -0.3 is 30.1 Å². The highest BCUT2D eigenvalue weighted by Gasteiger charge is 2.45. The summed E-state index contributed by atoms with van der Waals surface area (Å²) < 4.78 is 9.99. The molecule has 2 bridgehead atoms.